The van der Waals surface area contributed by atoms with Gasteiger partial charge in [-0.1, -0.05) is 18.9 Å². The van der Waals surface area contributed by atoms with Gasteiger partial charge in [0.05, 0.1) is 25.7 Å². The van der Waals surface area contributed by atoms with Crippen LogP contribution >= 0.6 is 0 Å². The van der Waals surface area contributed by atoms with Crippen molar-refractivity contribution in [2.45, 2.75) is 71.6 Å². The summed E-state index contributed by atoms with van der Waals surface area (Å²) in [6.07, 6.45) is 7.58. The number of amides is 1. The zero-order valence-electron chi connectivity index (χ0n) is 16.7. The lowest BCUT2D eigenvalue weighted by molar-refractivity contribution is -0.142. The summed E-state index contributed by atoms with van der Waals surface area (Å²) >= 11 is 0. The zero-order valence-corrected chi connectivity index (χ0v) is 16.7. The maximum atomic E-state index is 12.1. The van der Waals surface area contributed by atoms with Crippen molar-refractivity contribution in [1.29, 1.82) is 5.26 Å². The Hall–Kier alpha value is -2.03. The molecule has 1 aliphatic heterocycles. The molecule has 6 nitrogen and oxygen atoms in total. The number of likely N-dealkylation sites (tertiary alicyclic amines) is 1. The van der Waals surface area contributed by atoms with Gasteiger partial charge in [-0.15, -0.1) is 0 Å². The Kier molecular flexibility index (Phi) is 8.15. The molecule has 27 heavy (non-hydrogen) atoms. The van der Waals surface area contributed by atoms with Crippen molar-refractivity contribution < 1.29 is 19.1 Å². The summed E-state index contributed by atoms with van der Waals surface area (Å²) in [6, 6.07) is 2.21. The van der Waals surface area contributed by atoms with Crippen molar-refractivity contribution in [2.24, 2.45) is 5.41 Å². The minimum atomic E-state index is -0.322. The molecule has 6 heteroatoms. The highest BCUT2D eigenvalue weighted by Crippen LogP contribution is 2.47. The summed E-state index contributed by atoms with van der Waals surface area (Å²) in [7, 11) is 0. The van der Waals surface area contributed by atoms with Crippen LogP contribution in [0, 0.1) is 16.7 Å². The van der Waals surface area contributed by atoms with Crippen LogP contribution in [0.25, 0.3) is 0 Å². The number of hydrogen-bond acceptors (Lipinski definition) is 5. The Morgan fingerprint density at radius 2 is 1.78 bits per heavy atom. The predicted octanol–water partition coefficient (Wildman–Crippen LogP) is 4.35. The van der Waals surface area contributed by atoms with Gasteiger partial charge in [0, 0.05) is 18.7 Å². The third kappa shape index (κ3) is 5.98. The number of esters is 1. The first-order valence-corrected chi connectivity index (χ1v) is 10.2. The molecule has 1 spiro atoms. The molecular formula is C21H32N2O4. The maximum absolute atomic E-state index is 12.1. The SMILES string of the molecule is CCCCOC(=O)N1CCC2(CCC(=C(C#N)CC(=O)OCC)CC2)CC1. The van der Waals surface area contributed by atoms with Crippen LogP contribution in [0.4, 0.5) is 4.79 Å². The van der Waals surface area contributed by atoms with E-state index in [2.05, 4.69) is 13.0 Å². The van der Waals surface area contributed by atoms with Crippen LogP contribution in [0.5, 0.6) is 0 Å². The molecule has 2 fully saturated rings. The molecule has 0 aromatic carbocycles. The van der Waals surface area contributed by atoms with Gasteiger partial charge in [-0.3, -0.25) is 4.79 Å². The summed E-state index contributed by atoms with van der Waals surface area (Å²) in [5.41, 5.74) is 1.95. The highest BCUT2D eigenvalue weighted by atomic mass is 16.6. The molecule has 0 bridgehead atoms. The van der Waals surface area contributed by atoms with E-state index < -0.39 is 0 Å². The topological polar surface area (TPSA) is 79.6 Å². The van der Waals surface area contributed by atoms with Gasteiger partial charge in [-0.25, -0.2) is 4.79 Å². The number of allylic oxidation sites excluding steroid dienone is 1. The lowest BCUT2D eigenvalue weighted by Crippen LogP contribution is -2.44. The first-order valence-electron chi connectivity index (χ1n) is 10.2. The van der Waals surface area contributed by atoms with Crippen LogP contribution in [-0.2, 0) is 14.3 Å². The molecule has 0 unspecified atom stereocenters. The van der Waals surface area contributed by atoms with E-state index in [1.807, 2.05) is 4.90 Å². The highest BCUT2D eigenvalue weighted by molar-refractivity contribution is 5.74. The van der Waals surface area contributed by atoms with E-state index in [0.29, 0.717) is 18.8 Å². The van der Waals surface area contributed by atoms with Gasteiger partial charge in [0.15, 0.2) is 0 Å². The molecule has 0 aromatic rings. The van der Waals surface area contributed by atoms with Crippen molar-refractivity contribution in [3.05, 3.63) is 11.1 Å². The fourth-order valence-corrected chi connectivity index (χ4v) is 4.04. The summed E-state index contributed by atoms with van der Waals surface area (Å²) in [4.78, 5) is 25.6. The standard InChI is InChI=1S/C21H32N2O4/c1-3-5-14-27-20(25)23-12-10-21(11-13-23)8-6-17(7-9-21)18(16-22)15-19(24)26-4-2/h3-15H2,1-2H3. The molecule has 1 aliphatic carbocycles. The van der Waals surface area contributed by atoms with Crippen LogP contribution in [0.2, 0.25) is 0 Å². The average molecular weight is 376 g/mol. The molecule has 1 saturated heterocycles. The minimum Gasteiger partial charge on any atom is -0.466 e. The monoisotopic (exact) mass is 376 g/mol. The van der Waals surface area contributed by atoms with Crippen molar-refractivity contribution in [3.63, 3.8) is 0 Å². The van der Waals surface area contributed by atoms with E-state index in [0.717, 1.165) is 70.0 Å². The van der Waals surface area contributed by atoms with Crippen LogP contribution < -0.4 is 0 Å². The van der Waals surface area contributed by atoms with Gasteiger partial charge in [0.2, 0.25) is 0 Å². The summed E-state index contributed by atoms with van der Waals surface area (Å²) in [6.45, 7) is 6.19. The molecule has 0 N–H and O–H groups in total. The lowest BCUT2D eigenvalue weighted by atomic mass is 9.66. The second-order valence-electron chi connectivity index (χ2n) is 7.63. The summed E-state index contributed by atoms with van der Waals surface area (Å²) < 4.78 is 10.3. The van der Waals surface area contributed by atoms with Crippen LogP contribution in [-0.4, -0.2) is 43.3 Å². The Morgan fingerprint density at radius 3 is 2.33 bits per heavy atom. The predicted molar refractivity (Wildman–Crippen MR) is 102 cm³/mol. The Bertz CT molecular complexity index is 586. The minimum absolute atomic E-state index is 0.0874. The smallest absolute Gasteiger partial charge is 0.409 e. The van der Waals surface area contributed by atoms with Crippen molar-refractivity contribution in [3.8, 4) is 6.07 Å². The molecule has 2 rings (SSSR count). The van der Waals surface area contributed by atoms with Gasteiger partial charge in [-0.05, 0) is 57.3 Å². The van der Waals surface area contributed by atoms with Gasteiger partial charge in [-0.2, -0.15) is 5.26 Å². The molecule has 1 heterocycles. The number of nitrogens with zero attached hydrogens (tertiary/aromatic N) is 2. The molecule has 150 valence electrons. The number of ether oxygens (including phenoxy) is 2. The summed E-state index contributed by atoms with van der Waals surface area (Å²) in [5, 5.41) is 9.41. The number of nitriles is 1. The van der Waals surface area contributed by atoms with Crippen LogP contribution in [0.3, 0.4) is 0 Å². The summed E-state index contributed by atoms with van der Waals surface area (Å²) in [5.74, 6) is -0.322. The molecule has 1 saturated carbocycles. The largest absolute Gasteiger partial charge is 0.466 e. The highest BCUT2D eigenvalue weighted by Gasteiger charge is 2.38. The quantitative estimate of drug-likeness (QED) is 0.391. The molecule has 0 aromatic heterocycles. The number of carbonyl (C=O) groups is 2. The molecule has 2 aliphatic rings. The van der Waals surface area contributed by atoms with E-state index in [-0.39, 0.29) is 23.9 Å². The third-order valence-electron chi connectivity index (χ3n) is 5.91. The first-order chi connectivity index (χ1) is 13.0. The normalized spacial score (nSPS) is 18.7. The van der Waals surface area contributed by atoms with Gasteiger partial charge >= 0.3 is 12.1 Å². The Balaban J connectivity index is 1.85. The van der Waals surface area contributed by atoms with E-state index in [4.69, 9.17) is 9.47 Å². The van der Waals surface area contributed by atoms with Crippen molar-refractivity contribution >= 4 is 12.1 Å². The molecule has 0 radical (unpaired) electrons. The second-order valence-corrected chi connectivity index (χ2v) is 7.63. The fraction of sp³-hybridized carbons (Fsp3) is 0.762. The first kappa shape index (κ1) is 21.3. The number of carbonyl (C=O) groups excluding carboxylic acids is 2. The lowest BCUT2D eigenvalue weighted by Gasteiger charge is -2.44. The fourth-order valence-electron chi connectivity index (χ4n) is 4.04. The van der Waals surface area contributed by atoms with E-state index in [9.17, 15) is 14.9 Å². The number of rotatable bonds is 6. The van der Waals surface area contributed by atoms with Crippen LogP contribution in [0.1, 0.15) is 71.6 Å². The van der Waals surface area contributed by atoms with Gasteiger partial charge in [0.25, 0.3) is 0 Å². The maximum Gasteiger partial charge on any atom is 0.409 e. The van der Waals surface area contributed by atoms with E-state index in [1.165, 1.54) is 0 Å². The van der Waals surface area contributed by atoms with E-state index in [1.54, 1.807) is 6.92 Å². The number of unbranched alkanes of at least 4 members (excludes halogenated alkanes) is 1. The Labute approximate surface area is 162 Å². The number of piperidine rings is 1. The number of hydrogen-bond donors (Lipinski definition) is 0. The zero-order chi connectivity index (χ0) is 19.7. The van der Waals surface area contributed by atoms with E-state index >= 15 is 0 Å². The van der Waals surface area contributed by atoms with Gasteiger partial charge < -0.3 is 14.4 Å². The Morgan fingerprint density at radius 1 is 1.11 bits per heavy atom. The molecular weight excluding hydrogens is 344 g/mol. The van der Waals surface area contributed by atoms with Crippen molar-refractivity contribution in [1.82, 2.24) is 4.90 Å². The molecule has 1 amide bonds. The van der Waals surface area contributed by atoms with Gasteiger partial charge in [0.1, 0.15) is 0 Å². The third-order valence-corrected chi connectivity index (χ3v) is 5.91. The second kappa shape index (κ2) is 10.3. The van der Waals surface area contributed by atoms with Crippen LogP contribution in [0.15, 0.2) is 11.1 Å². The average Bonchev–Trinajstić information content (AvgIpc) is 2.68. The molecule has 0 atom stereocenters. The van der Waals surface area contributed by atoms with Crippen molar-refractivity contribution in [2.75, 3.05) is 26.3 Å².